The summed E-state index contributed by atoms with van der Waals surface area (Å²) < 4.78 is 0. The Kier molecular flexibility index (Phi) is 7.93. The quantitative estimate of drug-likeness (QED) is 0.500. The minimum atomic E-state index is 0.801. The maximum atomic E-state index is 2.41. The average Bonchev–Trinajstić information content (AvgIpc) is 2.17. The Hall–Kier alpha value is -0.260. The molecule has 0 aromatic rings. The van der Waals surface area contributed by atoms with Crippen LogP contribution in [-0.2, 0) is 0 Å². The summed E-state index contributed by atoms with van der Waals surface area (Å²) in [7, 11) is 0. The molecule has 0 aliphatic carbocycles. The lowest BCUT2D eigenvalue weighted by Crippen LogP contribution is -2.12. The maximum Gasteiger partial charge on any atom is -0.0205 e. The number of rotatable bonds is 7. The van der Waals surface area contributed by atoms with Gasteiger partial charge in [0.05, 0.1) is 0 Å². The topological polar surface area (TPSA) is 0 Å². The fraction of sp³-hybridized carbons (Fsp3) is 0.857. The third-order valence-electron chi connectivity index (χ3n) is 3.29. The summed E-state index contributed by atoms with van der Waals surface area (Å²) in [5.74, 6) is 2.52. The van der Waals surface area contributed by atoms with E-state index < -0.39 is 0 Å². The molecule has 0 heterocycles. The first-order valence-corrected chi connectivity index (χ1v) is 6.28. The zero-order chi connectivity index (χ0) is 11.0. The molecule has 3 atom stereocenters. The van der Waals surface area contributed by atoms with Crippen LogP contribution >= 0.6 is 0 Å². The van der Waals surface area contributed by atoms with E-state index in [1.54, 1.807) is 0 Å². The zero-order valence-electron chi connectivity index (χ0n) is 10.7. The highest BCUT2D eigenvalue weighted by atomic mass is 14.2. The van der Waals surface area contributed by atoms with E-state index in [9.17, 15) is 0 Å². The minimum absolute atomic E-state index is 0.801. The molecule has 3 unspecified atom stereocenters. The van der Waals surface area contributed by atoms with E-state index in [1.165, 1.54) is 25.7 Å². The first-order chi connectivity index (χ1) is 6.65. The molecule has 0 N–H and O–H groups in total. The first kappa shape index (κ1) is 13.7. The van der Waals surface area contributed by atoms with E-state index in [0.717, 1.165) is 17.8 Å². The molecule has 0 aromatic heterocycles. The molecule has 0 amide bonds. The van der Waals surface area contributed by atoms with Gasteiger partial charge in [0, 0.05) is 0 Å². The second-order valence-corrected chi connectivity index (χ2v) is 4.70. The average molecular weight is 196 g/mol. The van der Waals surface area contributed by atoms with Crippen molar-refractivity contribution < 1.29 is 0 Å². The predicted octanol–water partition coefficient (Wildman–Crippen LogP) is 5.05. The van der Waals surface area contributed by atoms with Crippen molar-refractivity contribution in [3.05, 3.63) is 12.2 Å². The lowest BCUT2D eigenvalue weighted by molar-refractivity contribution is 0.324. The Labute approximate surface area is 90.8 Å². The first-order valence-electron chi connectivity index (χ1n) is 6.28. The zero-order valence-corrected chi connectivity index (χ0v) is 10.7. The van der Waals surface area contributed by atoms with Crippen molar-refractivity contribution in [2.75, 3.05) is 0 Å². The molecule has 0 nitrogen and oxygen atoms in total. The summed E-state index contributed by atoms with van der Waals surface area (Å²) in [5, 5.41) is 0. The molecule has 0 bridgehead atoms. The van der Waals surface area contributed by atoms with Crippen LogP contribution in [0.25, 0.3) is 0 Å². The monoisotopic (exact) mass is 196 g/mol. The molecule has 0 heteroatoms. The summed E-state index contributed by atoms with van der Waals surface area (Å²) >= 11 is 0. The largest absolute Gasteiger partial charge is 0.0914 e. The maximum absolute atomic E-state index is 2.41. The van der Waals surface area contributed by atoms with E-state index >= 15 is 0 Å². The van der Waals surface area contributed by atoms with Crippen LogP contribution in [0.5, 0.6) is 0 Å². The van der Waals surface area contributed by atoms with Crippen LogP contribution in [0.15, 0.2) is 12.2 Å². The number of hydrogen-bond acceptors (Lipinski definition) is 0. The standard InChI is InChI=1S/C14H28/c1-6-9-13(5)14(10-7-2)11-12(4)8-3/h7,10,12-14H,6,8-9,11H2,1-5H3. The van der Waals surface area contributed by atoms with Gasteiger partial charge in [-0.1, -0.05) is 59.1 Å². The molecule has 0 rings (SSSR count). The number of allylic oxidation sites excluding steroid dienone is 2. The second-order valence-electron chi connectivity index (χ2n) is 4.70. The van der Waals surface area contributed by atoms with Crippen molar-refractivity contribution in [2.45, 2.75) is 60.3 Å². The van der Waals surface area contributed by atoms with Gasteiger partial charge < -0.3 is 0 Å². The Bertz CT molecular complexity index is 146. The summed E-state index contributed by atoms with van der Waals surface area (Å²) in [4.78, 5) is 0. The molecular formula is C14H28. The molecule has 0 spiro atoms. The van der Waals surface area contributed by atoms with Gasteiger partial charge in [-0.25, -0.2) is 0 Å². The van der Waals surface area contributed by atoms with Gasteiger partial charge >= 0.3 is 0 Å². The van der Waals surface area contributed by atoms with Gasteiger partial charge in [0.1, 0.15) is 0 Å². The van der Waals surface area contributed by atoms with E-state index in [0.29, 0.717) is 0 Å². The summed E-state index contributed by atoms with van der Waals surface area (Å²) in [5.41, 5.74) is 0. The minimum Gasteiger partial charge on any atom is -0.0914 e. The van der Waals surface area contributed by atoms with Crippen LogP contribution in [0.3, 0.4) is 0 Å². The molecule has 0 radical (unpaired) electrons. The van der Waals surface area contributed by atoms with Gasteiger partial charge in [0.2, 0.25) is 0 Å². The second kappa shape index (κ2) is 8.08. The smallest absolute Gasteiger partial charge is 0.0205 e. The Morgan fingerprint density at radius 2 is 1.79 bits per heavy atom. The van der Waals surface area contributed by atoms with Gasteiger partial charge in [0.25, 0.3) is 0 Å². The molecule has 0 aliphatic heterocycles. The Morgan fingerprint density at radius 1 is 1.14 bits per heavy atom. The van der Waals surface area contributed by atoms with E-state index in [1.807, 2.05) is 0 Å². The predicted molar refractivity (Wildman–Crippen MR) is 66.4 cm³/mol. The van der Waals surface area contributed by atoms with Gasteiger partial charge in [-0.05, 0) is 31.1 Å². The summed E-state index contributed by atoms with van der Waals surface area (Å²) in [6.45, 7) is 11.5. The van der Waals surface area contributed by atoms with Gasteiger partial charge in [0.15, 0.2) is 0 Å². The summed E-state index contributed by atoms with van der Waals surface area (Å²) in [6, 6.07) is 0. The molecule has 0 fully saturated rings. The lowest BCUT2D eigenvalue weighted by Gasteiger charge is -2.23. The van der Waals surface area contributed by atoms with Crippen molar-refractivity contribution >= 4 is 0 Å². The van der Waals surface area contributed by atoms with Crippen LogP contribution in [0, 0.1) is 17.8 Å². The molecular weight excluding hydrogens is 168 g/mol. The van der Waals surface area contributed by atoms with E-state index in [2.05, 4.69) is 46.8 Å². The van der Waals surface area contributed by atoms with E-state index in [4.69, 9.17) is 0 Å². The van der Waals surface area contributed by atoms with Crippen molar-refractivity contribution in [1.82, 2.24) is 0 Å². The van der Waals surface area contributed by atoms with Crippen LogP contribution in [0.4, 0.5) is 0 Å². The van der Waals surface area contributed by atoms with Crippen molar-refractivity contribution in [2.24, 2.45) is 17.8 Å². The third-order valence-corrected chi connectivity index (χ3v) is 3.29. The number of hydrogen-bond donors (Lipinski definition) is 0. The lowest BCUT2D eigenvalue weighted by atomic mass is 9.83. The van der Waals surface area contributed by atoms with Crippen LogP contribution in [0.2, 0.25) is 0 Å². The fourth-order valence-corrected chi connectivity index (χ4v) is 2.05. The van der Waals surface area contributed by atoms with Gasteiger partial charge in [-0.2, -0.15) is 0 Å². The normalized spacial score (nSPS) is 18.4. The van der Waals surface area contributed by atoms with E-state index in [-0.39, 0.29) is 0 Å². The Balaban J connectivity index is 4.13. The molecule has 0 saturated carbocycles. The molecule has 0 aromatic carbocycles. The molecule has 14 heavy (non-hydrogen) atoms. The van der Waals surface area contributed by atoms with Crippen molar-refractivity contribution in [3.63, 3.8) is 0 Å². The van der Waals surface area contributed by atoms with Gasteiger partial charge in [-0.15, -0.1) is 0 Å². The highest BCUT2D eigenvalue weighted by Crippen LogP contribution is 2.26. The van der Waals surface area contributed by atoms with Gasteiger partial charge in [-0.3, -0.25) is 0 Å². The van der Waals surface area contributed by atoms with Crippen LogP contribution in [-0.4, -0.2) is 0 Å². The fourth-order valence-electron chi connectivity index (χ4n) is 2.05. The van der Waals surface area contributed by atoms with Crippen molar-refractivity contribution in [3.8, 4) is 0 Å². The highest BCUT2D eigenvalue weighted by Gasteiger charge is 2.15. The SMILES string of the molecule is CC=CC(CC(C)CC)C(C)CCC. The Morgan fingerprint density at radius 3 is 2.21 bits per heavy atom. The van der Waals surface area contributed by atoms with Crippen LogP contribution < -0.4 is 0 Å². The highest BCUT2D eigenvalue weighted by molar-refractivity contribution is 4.89. The molecule has 0 saturated heterocycles. The molecule has 84 valence electrons. The summed E-state index contributed by atoms with van der Waals surface area (Å²) in [6.07, 6.45) is 9.99. The van der Waals surface area contributed by atoms with Crippen LogP contribution in [0.1, 0.15) is 60.3 Å². The van der Waals surface area contributed by atoms with Crippen molar-refractivity contribution in [1.29, 1.82) is 0 Å². The third kappa shape index (κ3) is 5.47. The molecule has 0 aliphatic rings.